The van der Waals surface area contributed by atoms with Crippen molar-refractivity contribution in [1.82, 2.24) is 15.3 Å². The number of anilines is 1. The third-order valence-corrected chi connectivity index (χ3v) is 3.70. The molecule has 2 rings (SSSR count). The topological polar surface area (TPSA) is 66.9 Å². The molecule has 1 heterocycles. The Morgan fingerprint density at radius 1 is 1.19 bits per heavy atom. The minimum Gasteiger partial charge on any atom is -0.368 e. The number of nitrogens with one attached hydrogen (secondary N) is 2. The lowest BCUT2D eigenvalue weighted by molar-refractivity contribution is 0.0928. The second-order valence-electron chi connectivity index (χ2n) is 6.15. The predicted octanol–water partition coefficient (Wildman–Crippen LogP) is 3.06. The van der Waals surface area contributed by atoms with Crippen molar-refractivity contribution in [1.29, 1.82) is 0 Å². The quantitative estimate of drug-likeness (QED) is 0.836. The van der Waals surface area contributed by atoms with Crippen LogP contribution in [-0.4, -0.2) is 28.0 Å². The Bertz CT molecular complexity index is 479. The normalized spacial score (nSPS) is 16.6. The van der Waals surface area contributed by atoms with E-state index in [4.69, 9.17) is 0 Å². The SMILES string of the molecule is Cc1nc(NC(C)C)cc(C(=O)NC2CCCCCC2)n1. The van der Waals surface area contributed by atoms with Gasteiger partial charge in [-0.25, -0.2) is 9.97 Å². The maximum absolute atomic E-state index is 12.4. The standard InChI is InChI=1S/C16H26N4O/c1-11(2)17-15-10-14(18-12(3)19-15)16(21)20-13-8-6-4-5-7-9-13/h10-11,13H,4-9H2,1-3H3,(H,20,21)(H,17,18,19). The van der Waals surface area contributed by atoms with Crippen LogP contribution < -0.4 is 10.6 Å². The summed E-state index contributed by atoms with van der Waals surface area (Å²) in [7, 11) is 0. The van der Waals surface area contributed by atoms with Crippen molar-refractivity contribution < 1.29 is 4.79 Å². The molecule has 0 spiro atoms. The van der Waals surface area contributed by atoms with Gasteiger partial charge in [0.25, 0.3) is 5.91 Å². The summed E-state index contributed by atoms with van der Waals surface area (Å²) >= 11 is 0. The van der Waals surface area contributed by atoms with E-state index in [-0.39, 0.29) is 18.0 Å². The van der Waals surface area contributed by atoms with Gasteiger partial charge in [0.15, 0.2) is 0 Å². The van der Waals surface area contributed by atoms with E-state index in [2.05, 4.69) is 20.6 Å². The number of rotatable bonds is 4. The van der Waals surface area contributed by atoms with Gasteiger partial charge in [-0.1, -0.05) is 25.7 Å². The van der Waals surface area contributed by atoms with Gasteiger partial charge in [0.1, 0.15) is 17.3 Å². The highest BCUT2D eigenvalue weighted by Gasteiger charge is 2.17. The number of aryl methyl sites for hydroxylation is 1. The Labute approximate surface area is 127 Å². The number of hydrogen-bond acceptors (Lipinski definition) is 4. The average molecular weight is 290 g/mol. The molecule has 0 bridgehead atoms. The van der Waals surface area contributed by atoms with Gasteiger partial charge in [0.2, 0.25) is 0 Å². The zero-order valence-electron chi connectivity index (χ0n) is 13.3. The zero-order chi connectivity index (χ0) is 15.2. The first-order valence-electron chi connectivity index (χ1n) is 7.97. The molecule has 1 aromatic heterocycles. The number of hydrogen-bond donors (Lipinski definition) is 2. The van der Waals surface area contributed by atoms with Crippen molar-refractivity contribution in [2.24, 2.45) is 0 Å². The second-order valence-corrected chi connectivity index (χ2v) is 6.15. The maximum atomic E-state index is 12.4. The van der Waals surface area contributed by atoms with Crippen molar-refractivity contribution >= 4 is 11.7 Å². The molecule has 1 aliphatic rings. The molecule has 0 aromatic carbocycles. The fraction of sp³-hybridized carbons (Fsp3) is 0.688. The van der Waals surface area contributed by atoms with Gasteiger partial charge in [0, 0.05) is 18.2 Å². The minimum atomic E-state index is -0.0841. The van der Waals surface area contributed by atoms with Crippen molar-refractivity contribution in [2.75, 3.05) is 5.32 Å². The van der Waals surface area contributed by atoms with E-state index in [1.54, 1.807) is 6.07 Å². The Morgan fingerprint density at radius 2 is 1.86 bits per heavy atom. The molecule has 2 N–H and O–H groups in total. The summed E-state index contributed by atoms with van der Waals surface area (Å²) in [5, 5.41) is 6.35. The van der Waals surface area contributed by atoms with Gasteiger partial charge in [-0.15, -0.1) is 0 Å². The third-order valence-electron chi connectivity index (χ3n) is 3.70. The van der Waals surface area contributed by atoms with Crippen molar-refractivity contribution in [2.45, 2.75) is 71.4 Å². The van der Waals surface area contributed by atoms with Crippen molar-refractivity contribution in [3.8, 4) is 0 Å². The molecule has 1 aromatic rings. The summed E-state index contributed by atoms with van der Waals surface area (Å²) in [6, 6.07) is 2.30. The van der Waals surface area contributed by atoms with Gasteiger partial charge < -0.3 is 10.6 Å². The van der Waals surface area contributed by atoms with Crippen molar-refractivity contribution in [3.05, 3.63) is 17.6 Å². The number of aromatic nitrogens is 2. The van der Waals surface area contributed by atoms with Crippen LogP contribution in [0.3, 0.4) is 0 Å². The highest BCUT2D eigenvalue weighted by molar-refractivity contribution is 5.93. The summed E-state index contributed by atoms with van der Waals surface area (Å²) in [4.78, 5) is 21.0. The van der Waals surface area contributed by atoms with Crippen LogP contribution in [-0.2, 0) is 0 Å². The molecule has 5 nitrogen and oxygen atoms in total. The summed E-state index contributed by atoms with van der Waals surface area (Å²) in [6.07, 6.45) is 7.12. The largest absolute Gasteiger partial charge is 0.368 e. The lowest BCUT2D eigenvalue weighted by Crippen LogP contribution is -2.35. The molecule has 1 amide bonds. The van der Waals surface area contributed by atoms with Crippen molar-refractivity contribution in [3.63, 3.8) is 0 Å². The fourth-order valence-electron chi connectivity index (χ4n) is 2.74. The molecule has 1 saturated carbocycles. The summed E-state index contributed by atoms with van der Waals surface area (Å²) < 4.78 is 0. The van der Waals surface area contributed by atoms with E-state index in [0.717, 1.165) is 12.8 Å². The monoisotopic (exact) mass is 290 g/mol. The van der Waals surface area contributed by atoms with Crippen LogP contribution in [0.2, 0.25) is 0 Å². The van der Waals surface area contributed by atoms with Gasteiger partial charge in [0.05, 0.1) is 0 Å². The van der Waals surface area contributed by atoms with Gasteiger partial charge in [-0.3, -0.25) is 4.79 Å². The maximum Gasteiger partial charge on any atom is 0.270 e. The van der Waals surface area contributed by atoms with E-state index < -0.39 is 0 Å². The van der Waals surface area contributed by atoms with Crippen LogP contribution in [0.25, 0.3) is 0 Å². The first-order valence-corrected chi connectivity index (χ1v) is 7.97. The zero-order valence-corrected chi connectivity index (χ0v) is 13.3. The lowest BCUT2D eigenvalue weighted by Gasteiger charge is -2.16. The number of carbonyl (C=O) groups is 1. The molecule has 5 heteroatoms. The van der Waals surface area contributed by atoms with E-state index in [1.165, 1.54) is 25.7 Å². The molecular weight excluding hydrogens is 264 g/mol. The fourth-order valence-corrected chi connectivity index (χ4v) is 2.74. The van der Waals surface area contributed by atoms with Crippen LogP contribution >= 0.6 is 0 Å². The Kier molecular flexibility index (Phi) is 5.53. The number of amides is 1. The highest BCUT2D eigenvalue weighted by Crippen LogP contribution is 2.18. The molecular formula is C16H26N4O. The number of nitrogens with zero attached hydrogens (tertiary/aromatic N) is 2. The van der Waals surface area contributed by atoms with Gasteiger partial charge in [-0.05, 0) is 33.6 Å². The average Bonchev–Trinajstić information content (AvgIpc) is 2.65. The first kappa shape index (κ1) is 15.7. The summed E-state index contributed by atoms with van der Waals surface area (Å²) in [6.45, 7) is 5.90. The molecule has 21 heavy (non-hydrogen) atoms. The molecule has 0 atom stereocenters. The molecule has 1 aliphatic carbocycles. The van der Waals surface area contributed by atoms with E-state index >= 15 is 0 Å². The molecule has 0 saturated heterocycles. The molecule has 1 fully saturated rings. The van der Waals surface area contributed by atoms with Gasteiger partial charge >= 0.3 is 0 Å². The summed E-state index contributed by atoms with van der Waals surface area (Å²) in [5.74, 6) is 1.24. The number of carbonyl (C=O) groups excluding carboxylic acids is 1. The Balaban J connectivity index is 2.05. The third kappa shape index (κ3) is 4.99. The van der Waals surface area contributed by atoms with Crippen LogP contribution in [0.4, 0.5) is 5.82 Å². The smallest absolute Gasteiger partial charge is 0.270 e. The van der Waals surface area contributed by atoms with Crippen LogP contribution in [0, 0.1) is 6.92 Å². The van der Waals surface area contributed by atoms with Crippen LogP contribution in [0.1, 0.15) is 68.7 Å². The molecule has 0 aliphatic heterocycles. The van der Waals surface area contributed by atoms with Gasteiger partial charge in [-0.2, -0.15) is 0 Å². The van der Waals surface area contributed by atoms with E-state index in [0.29, 0.717) is 17.3 Å². The molecule has 0 radical (unpaired) electrons. The Morgan fingerprint density at radius 3 is 2.48 bits per heavy atom. The first-order chi connectivity index (χ1) is 10.0. The Hall–Kier alpha value is -1.65. The second kappa shape index (κ2) is 7.38. The van der Waals surface area contributed by atoms with Crippen LogP contribution in [0.15, 0.2) is 6.07 Å². The van der Waals surface area contributed by atoms with E-state index in [9.17, 15) is 4.79 Å². The predicted molar refractivity (Wildman–Crippen MR) is 84.5 cm³/mol. The molecule has 0 unspecified atom stereocenters. The van der Waals surface area contributed by atoms with Crippen LogP contribution in [0.5, 0.6) is 0 Å². The highest BCUT2D eigenvalue weighted by atomic mass is 16.1. The minimum absolute atomic E-state index is 0.0841. The van der Waals surface area contributed by atoms with E-state index in [1.807, 2.05) is 20.8 Å². The molecule has 116 valence electrons. The lowest BCUT2D eigenvalue weighted by atomic mass is 10.1. The summed E-state index contributed by atoms with van der Waals surface area (Å²) in [5.41, 5.74) is 0.454.